The minimum atomic E-state index is 0.0680. The van der Waals surface area contributed by atoms with E-state index in [0.29, 0.717) is 11.8 Å². The molecular formula is C5H7NO2S. The number of hydrogen-bond donors (Lipinski definition) is 0. The average molecular weight is 145 g/mol. The average Bonchev–Trinajstić information content (AvgIpc) is 2.17. The molecule has 0 radical (unpaired) electrons. The third kappa shape index (κ3) is 1.71. The van der Waals surface area contributed by atoms with Crippen LogP contribution in [-0.2, 0) is 9.53 Å². The van der Waals surface area contributed by atoms with Crippen molar-refractivity contribution in [3.05, 3.63) is 0 Å². The summed E-state index contributed by atoms with van der Waals surface area (Å²) in [5.74, 6) is 0. The molecule has 0 aromatic carbocycles. The first-order chi connectivity index (χ1) is 4.33. The summed E-state index contributed by atoms with van der Waals surface area (Å²) in [6.07, 6.45) is 0. The van der Waals surface area contributed by atoms with Gasteiger partial charge in [0.2, 0.25) is 5.12 Å². The number of carbonyl (C=O) groups excluding carboxylic acids is 1. The lowest BCUT2D eigenvalue weighted by molar-refractivity contribution is -0.109. The van der Waals surface area contributed by atoms with E-state index in [1.165, 1.54) is 0 Å². The Bertz CT molecular complexity index is 155. The fraction of sp³-hybridized carbons (Fsp3) is 0.600. The Labute approximate surface area is 57.5 Å². The molecule has 1 aliphatic heterocycles. The Morgan fingerprint density at radius 3 is 3.11 bits per heavy atom. The molecule has 0 amide bonds. The van der Waals surface area contributed by atoms with Crippen molar-refractivity contribution in [2.75, 3.05) is 13.2 Å². The molecule has 0 atom stereocenters. The van der Waals surface area contributed by atoms with Crippen LogP contribution in [0.4, 0.5) is 0 Å². The fourth-order valence-corrected chi connectivity index (χ4v) is 1.12. The second-order valence-corrected chi connectivity index (χ2v) is 2.50. The maximum absolute atomic E-state index is 10.5. The van der Waals surface area contributed by atoms with E-state index in [0.717, 1.165) is 11.8 Å². The van der Waals surface area contributed by atoms with Crippen molar-refractivity contribution in [1.82, 2.24) is 0 Å². The van der Waals surface area contributed by atoms with Crippen molar-refractivity contribution in [2.24, 2.45) is 4.99 Å². The Morgan fingerprint density at radius 1 is 1.89 bits per heavy atom. The highest BCUT2D eigenvalue weighted by atomic mass is 32.2. The van der Waals surface area contributed by atoms with Gasteiger partial charge in [-0.05, 0) is 6.92 Å². The zero-order chi connectivity index (χ0) is 6.69. The Balaban J connectivity index is 2.36. The molecule has 0 aromatic rings. The molecule has 0 unspecified atom stereocenters. The van der Waals surface area contributed by atoms with E-state index >= 15 is 0 Å². The van der Waals surface area contributed by atoms with Crippen LogP contribution in [0.25, 0.3) is 0 Å². The molecule has 50 valence electrons. The first-order valence-electron chi connectivity index (χ1n) is 2.71. The summed E-state index contributed by atoms with van der Waals surface area (Å²) in [4.78, 5) is 14.3. The van der Waals surface area contributed by atoms with Gasteiger partial charge in [-0.1, -0.05) is 0 Å². The number of hydrogen-bond acceptors (Lipinski definition) is 4. The number of aliphatic imine (C=N–C) groups is 1. The first kappa shape index (κ1) is 6.61. The van der Waals surface area contributed by atoms with Gasteiger partial charge >= 0.3 is 0 Å². The smallest absolute Gasteiger partial charge is 0.254 e. The molecule has 0 aliphatic carbocycles. The van der Waals surface area contributed by atoms with Gasteiger partial charge < -0.3 is 4.74 Å². The summed E-state index contributed by atoms with van der Waals surface area (Å²) < 4.78 is 4.97. The molecule has 0 aromatic heterocycles. The lowest BCUT2D eigenvalue weighted by Gasteiger charge is -1.95. The second kappa shape index (κ2) is 2.87. The molecule has 0 fully saturated rings. The Hall–Kier alpha value is -0.510. The molecule has 3 nitrogen and oxygen atoms in total. The van der Waals surface area contributed by atoms with E-state index in [1.807, 2.05) is 6.92 Å². The van der Waals surface area contributed by atoms with Gasteiger partial charge in [-0.15, -0.1) is 0 Å². The van der Waals surface area contributed by atoms with Gasteiger partial charge in [-0.25, -0.2) is 4.99 Å². The van der Waals surface area contributed by atoms with Crippen LogP contribution in [0.15, 0.2) is 4.99 Å². The highest BCUT2D eigenvalue weighted by molar-refractivity contribution is 8.26. The third-order valence-electron chi connectivity index (χ3n) is 0.806. The van der Waals surface area contributed by atoms with Crippen molar-refractivity contribution < 1.29 is 9.53 Å². The zero-order valence-electron chi connectivity index (χ0n) is 5.09. The Morgan fingerprint density at radius 2 is 2.67 bits per heavy atom. The van der Waals surface area contributed by atoms with Crippen LogP contribution in [0.3, 0.4) is 0 Å². The van der Waals surface area contributed by atoms with Crippen LogP contribution in [0, 0.1) is 0 Å². The molecule has 9 heavy (non-hydrogen) atoms. The number of rotatable bonds is 1. The molecule has 4 heteroatoms. The van der Waals surface area contributed by atoms with Gasteiger partial charge in [-0.2, -0.15) is 0 Å². The van der Waals surface area contributed by atoms with Crippen LogP contribution in [-0.4, -0.2) is 23.5 Å². The standard InChI is InChI=1S/C5H7NO2S/c1-2-8-5-6-3-4(7)9-5/h2-3H2,1H3. The highest BCUT2D eigenvalue weighted by Gasteiger charge is 2.15. The summed E-state index contributed by atoms with van der Waals surface area (Å²) in [5, 5.41) is 0.584. The Kier molecular flexibility index (Phi) is 2.10. The maximum Gasteiger partial charge on any atom is 0.254 e. The SMILES string of the molecule is CCOC1=NCC(=O)S1. The molecule has 0 bridgehead atoms. The highest BCUT2D eigenvalue weighted by Crippen LogP contribution is 2.13. The van der Waals surface area contributed by atoms with E-state index in [9.17, 15) is 4.79 Å². The van der Waals surface area contributed by atoms with Gasteiger partial charge in [0.25, 0.3) is 5.23 Å². The van der Waals surface area contributed by atoms with Gasteiger partial charge in [0.1, 0.15) is 6.54 Å². The minimum Gasteiger partial charge on any atom is -0.473 e. The van der Waals surface area contributed by atoms with E-state index in [2.05, 4.69) is 4.99 Å². The van der Waals surface area contributed by atoms with Crippen LogP contribution < -0.4 is 0 Å². The van der Waals surface area contributed by atoms with E-state index in [-0.39, 0.29) is 11.7 Å². The molecule has 0 saturated heterocycles. The first-order valence-corrected chi connectivity index (χ1v) is 3.52. The molecule has 1 rings (SSSR count). The summed E-state index contributed by atoms with van der Waals surface area (Å²) in [5.41, 5.74) is 0. The predicted octanol–water partition coefficient (Wildman–Crippen LogP) is 0.652. The molecular weight excluding hydrogens is 138 g/mol. The second-order valence-electron chi connectivity index (χ2n) is 1.49. The van der Waals surface area contributed by atoms with E-state index < -0.39 is 0 Å². The molecule has 1 heterocycles. The summed E-state index contributed by atoms with van der Waals surface area (Å²) >= 11 is 1.08. The lowest BCUT2D eigenvalue weighted by Crippen LogP contribution is -1.95. The normalized spacial score (nSPS) is 17.9. The van der Waals surface area contributed by atoms with Gasteiger partial charge in [-0.3, -0.25) is 4.79 Å². The topological polar surface area (TPSA) is 38.7 Å². The monoisotopic (exact) mass is 145 g/mol. The summed E-state index contributed by atoms with van der Waals surface area (Å²) in [6, 6.07) is 0. The largest absolute Gasteiger partial charge is 0.473 e. The van der Waals surface area contributed by atoms with Gasteiger partial charge in [0, 0.05) is 11.8 Å². The van der Waals surface area contributed by atoms with Gasteiger partial charge in [0.05, 0.1) is 6.61 Å². The molecule has 0 spiro atoms. The molecule has 0 saturated carbocycles. The number of ether oxygens (including phenoxy) is 1. The maximum atomic E-state index is 10.5. The quantitative estimate of drug-likeness (QED) is 0.544. The summed E-state index contributed by atoms with van der Waals surface area (Å²) in [7, 11) is 0. The number of carbonyl (C=O) groups is 1. The van der Waals surface area contributed by atoms with Crippen molar-refractivity contribution >= 4 is 22.1 Å². The number of nitrogens with zero attached hydrogens (tertiary/aromatic N) is 1. The summed E-state index contributed by atoms with van der Waals surface area (Å²) in [6.45, 7) is 2.73. The van der Waals surface area contributed by atoms with E-state index in [4.69, 9.17) is 4.74 Å². The van der Waals surface area contributed by atoms with Crippen LogP contribution in [0.5, 0.6) is 0 Å². The third-order valence-corrected chi connectivity index (χ3v) is 1.58. The van der Waals surface area contributed by atoms with Crippen molar-refractivity contribution in [3.8, 4) is 0 Å². The number of thioether (sulfide) groups is 1. The lowest BCUT2D eigenvalue weighted by atomic mass is 10.8. The fourth-order valence-electron chi connectivity index (χ4n) is 0.490. The molecule has 1 aliphatic rings. The zero-order valence-corrected chi connectivity index (χ0v) is 5.90. The van der Waals surface area contributed by atoms with Crippen LogP contribution in [0.1, 0.15) is 6.92 Å². The van der Waals surface area contributed by atoms with Crippen molar-refractivity contribution in [2.45, 2.75) is 6.92 Å². The van der Waals surface area contributed by atoms with Crippen LogP contribution in [0.2, 0.25) is 0 Å². The predicted molar refractivity (Wildman–Crippen MR) is 36.5 cm³/mol. The van der Waals surface area contributed by atoms with E-state index in [1.54, 1.807) is 0 Å². The van der Waals surface area contributed by atoms with Gasteiger partial charge in [0.15, 0.2) is 0 Å². The minimum absolute atomic E-state index is 0.0680. The van der Waals surface area contributed by atoms with Crippen LogP contribution >= 0.6 is 11.8 Å². The van der Waals surface area contributed by atoms with Crippen molar-refractivity contribution in [3.63, 3.8) is 0 Å². The van der Waals surface area contributed by atoms with Crippen molar-refractivity contribution in [1.29, 1.82) is 0 Å². The molecule has 0 N–H and O–H groups in total.